The average molecular weight is 331 g/mol. The van der Waals surface area contributed by atoms with E-state index in [1.54, 1.807) is 6.92 Å². The number of carbonyl (C=O) groups is 2. The van der Waals surface area contributed by atoms with Crippen molar-refractivity contribution in [2.24, 2.45) is 0 Å². The van der Waals surface area contributed by atoms with E-state index in [1.807, 2.05) is 19.9 Å². The summed E-state index contributed by atoms with van der Waals surface area (Å²) in [5.74, 6) is -1.62. The van der Waals surface area contributed by atoms with E-state index in [2.05, 4.69) is 0 Å². The first-order valence-electron chi connectivity index (χ1n) is 7.24. The third-order valence-electron chi connectivity index (χ3n) is 3.80. The quantitative estimate of drug-likeness (QED) is 0.359. The lowest BCUT2D eigenvalue weighted by Crippen LogP contribution is -2.10. The summed E-state index contributed by atoms with van der Waals surface area (Å²) in [5.41, 5.74) is 3.88. The van der Waals surface area contributed by atoms with Gasteiger partial charge in [0.05, 0.1) is 6.07 Å². The van der Waals surface area contributed by atoms with Crippen LogP contribution in [0.4, 0.5) is 5.88 Å². The molecule has 0 radical (unpaired) electrons. The van der Waals surface area contributed by atoms with E-state index >= 15 is 0 Å². The van der Waals surface area contributed by atoms with Crippen molar-refractivity contribution < 1.29 is 23.7 Å². The van der Waals surface area contributed by atoms with E-state index in [4.69, 9.17) is 9.15 Å². The second-order valence-corrected chi connectivity index (χ2v) is 5.52. The summed E-state index contributed by atoms with van der Waals surface area (Å²) in [6.45, 7) is 6.96. The van der Waals surface area contributed by atoms with Crippen LogP contribution in [-0.2, 0) is 11.3 Å². The highest BCUT2D eigenvalue weighted by Crippen LogP contribution is 2.24. The van der Waals surface area contributed by atoms with E-state index in [-0.39, 0.29) is 18.2 Å². The normalized spacial score (nSPS) is 10.5. The third kappa shape index (κ3) is 3.34. The number of ether oxygens (including phenoxy) is 1. The lowest BCUT2D eigenvalue weighted by molar-refractivity contribution is -0.402. The monoisotopic (exact) mass is 331 g/mol. The highest BCUT2D eigenvalue weighted by molar-refractivity contribution is 5.97. The molecule has 2 rings (SSSR count). The molecule has 0 aliphatic heterocycles. The molecule has 0 unspecified atom stereocenters. The van der Waals surface area contributed by atoms with Gasteiger partial charge in [-0.15, -0.1) is 0 Å². The number of nitrogens with zero attached hydrogens (tertiary/aromatic N) is 1. The summed E-state index contributed by atoms with van der Waals surface area (Å²) in [4.78, 5) is 33.6. The van der Waals surface area contributed by atoms with Gasteiger partial charge >= 0.3 is 11.9 Å². The summed E-state index contributed by atoms with van der Waals surface area (Å²) in [6.07, 6.45) is 0. The Bertz CT molecular complexity index is 834. The number of aryl methyl sites for hydroxylation is 2. The fourth-order valence-corrected chi connectivity index (χ4v) is 2.73. The standard InChI is InChI=1S/C17H17NO6/c1-9-7-10(2)16(12(4)19)11(3)13(9)8-23-17(20)14-5-6-15(24-14)18(21)22/h5-7H,8H2,1-4H3. The predicted molar refractivity (Wildman–Crippen MR) is 85.1 cm³/mol. The van der Waals surface area contributed by atoms with Crippen molar-refractivity contribution in [3.63, 3.8) is 0 Å². The van der Waals surface area contributed by atoms with Gasteiger partial charge in [0.15, 0.2) is 5.78 Å². The van der Waals surface area contributed by atoms with Gasteiger partial charge in [0.25, 0.3) is 0 Å². The van der Waals surface area contributed by atoms with Crippen LogP contribution in [0.2, 0.25) is 0 Å². The first kappa shape index (κ1) is 17.4. The number of Topliss-reactive ketones (excluding diaryl/α,β-unsaturated/α-hetero) is 1. The minimum atomic E-state index is -0.799. The first-order valence-corrected chi connectivity index (χ1v) is 7.24. The summed E-state index contributed by atoms with van der Waals surface area (Å²) in [7, 11) is 0. The average Bonchev–Trinajstić information content (AvgIpc) is 2.95. The molecule has 0 saturated heterocycles. The van der Waals surface area contributed by atoms with Gasteiger partial charge in [-0.05, 0) is 56.0 Å². The van der Waals surface area contributed by atoms with E-state index in [0.717, 1.165) is 28.3 Å². The van der Waals surface area contributed by atoms with Crippen LogP contribution in [-0.4, -0.2) is 16.7 Å². The van der Waals surface area contributed by atoms with Gasteiger partial charge in [-0.3, -0.25) is 14.9 Å². The molecule has 0 atom stereocenters. The Hall–Kier alpha value is -2.96. The number of ketones is 1. The molecule has 2 aromatic rings. The molecule has 0 bridgehead atoms. The third-order valence-corrected chi connectivity index (χ3v) is 3.80. The molecule has 0 N–H and O–H groups in total. The Morgan fingerprint density at radius 2 is 1.88 bits per heavy atom. The van der Waals surface area contributed by atoms with Crippen LogP contribution in [0.25, 0.3) is 0 Å². The van der Waals surface area contributed by atoms with Gasteiger partial charge in [0, 0.05) is 5.56 Å². The minimum absolute atomic E-state index is 0.0500. The van der Waals surface area contributed by atoms with Gasteiger partial charge < -0.3 is 9.15 Å². The molecule has 1 aromatic heterocycles. The zero-order valence-corrected chi connectivity index (χ0v) is 13.8. The minimum Gasteiger partial charge on any atom is -0.455 e. The van der Waals surface area contributed by atoms with Crippen LogP contribution in [0.15, 0.2) is 22.6 Å². The Morgan fingerprint density at radius 3 is 2.42 bits per heavy atom. The highest BCUT2D eigenvalue weighted by Gasteiger charge is 2.20. The molecule has 126 valence electrons. The van der Waals surface area contributed by atoms with Crippen LogP contribution in [0.5, 0.6) is 0 Å². The Balaban J connectivity index is 2.22. The van der Waals surface area contributed by atoms with Crippen molar-refractivity contribution in [2.75, 3.05) is 0 Å². The number of esters is 1. The summed E-state index contributed by atoms with van der Waals surface area (Å²) >= 11 is 0. The van der Waals surface area contributed by atoms with Crippen LogP contribution in [0.1, 0.15) is 50.1 Å². The molecule has 1 aromatic carbocycles. The maximum Gasteiger partial charge on any atom is 0.433 e. The summed E-state index contributed by atoms with van der Waals surface area (Å²) in [6, 6.07) is 4.15. The van der Waals surface area contributed by atoms with Crippen LogP contribution < -0.4 is 0 Å². The number of furan rings is 1. The number of nitro groups is 1. The molecule has 1 heterocycles. The second-order valence-electron chi connectivity index (χ2n) is 5.52. The highest BCUT2D eigenvalue weighted by atomic mass is 16.7. The largest absolute Gasteiger partial charge is 0.455 e. The molecule has 24 heavy (non-hydrogen) atoms. The number of rotatable bonds is 5. The summed E-state index contributed by atoms with van der Waals surface area (Å²) < 4.78 is 9.99. The van der Waals surface area contributed by atoms with Crippen LogP contribution >= 0.6 is 0 Å². The molecule has 0 aliphatic carbocycles. The molecular formula is C17H17NO6. The predicted octanol–water partition coefficient (Wildman–Crippen LogP) is 3.67. The molecule has 0 amide bonds. The molecule has 0 aliphatic rings. The van der Waals surface area contributed by atoms with Gasteiger partial charge in [-0.2, -0.15) is 0 Å². The smallest absolute Gasteiger partial charge is 0.433 e. The van der Waals surface area contributed by atoms with Crippen molar-refractivity contribution in [3.05, 3.63) is 61.9 Å². The SMILES string of the molecule is CC(=O)c1c(C)cc(C)c(COC(=O)c2ccc([N+](=O)[O-])o2)c1C. The van der Waals surface area contributed by atoms with E-state index in [1.165, 1.54) is 13.0 Å². The molecular weight excluding hydrogens is 314 g/mol. The first-order chi connectivity index (χ1) is 11.2. The van der Waals surface area contributed by atoms with E-state index in [9.17, 15) is 19.7 Å². The lowest BCUT2D eigenvalue weighted by Gasteiger charge is -2.15. The lowest BCUT2D eigenvalue weighted by atomic mass is 9.92. The second kappa shape index (κ2) is 6.66. The molecule has 0 spiro atoms. The Kier molecular flexibility index (Phi) is 4.82. The van der Waals surface area contributed by atoms with Crippen molar-refractivity contribution in [1.29, 1.82) is 0 Å². The Labute approximate surface area is 138 Å². The van der Waals surface area contributed by atoms with Gasteiger partial charge in [0.2, 0.25) is 5.76 Å². The van der Waals surface area contributed by atoms with Gasteiger partial charge in [-0.1, -0.05) is 6.07 Å². The van der Waals surface area contributed by atoms with E-state index < -0.39 is 16.8 Å². The number of hydrogen-bond donors (Lipinski definition) is 0. The molecule has 7 heteroatoms. The van der Waals surface area contributed by atoms with Crippen molar-refractivity contribution >= 4 is 17.6 Å². The molecule has 7 nitrogen and oxygen atoms in total. The zero-order valence-electron chi connectivity index (χ0n) is 13.8. The summed E-state index contributed by atoms with van der Waals surface area (Å²) in [5, 5.41) is 10.6. The van der Waals surface area contributed by atoms with Crippen molar-refractivity contribution in [1.82, 2.24) is 0 Å². The van der Waals surface area contributed by atoms with Crippen molar-refractivity contribution in [3.8, 4) is 0 Å². The van der Waals surface area contributed by atoms with Gasteiger partial charge in [0.1, 0.15) is 11.5 Å². The van der Waals surface area contributed by atoms with Crippen LogP contribution in [0, 0.1) is 30.9 Å². The fraction of sp³-hybridized carbons (Fsp3) is 0.294. The topological polar surface area (TPSA) is 99.7 Å². The van der Waals surface area contributed by atoms with Crippen molar-refractivity contribution in [2.45, 2.75) is 34.3 Å². The molecule has 0 fully saturated rings. The number of benzene rings is 1. The van der Waals surface area contributed by atoms with Gasteiger partial charge in [-0.25, -0.2) is 4.79 Å². The van der Waals surface area contributed by atoms with E-state index in [0.29, 0.717) is 5.56 Å². The fourth-order valence-electron chi connectivity index (χ4n) is 2.73. The van der Waals surface area contributed by atoms with Crippen LogP contribution in [0.3, 0.4) is 0 Å². The zero-order chi connectivity index (χ0) is 18.0. The Morgan fingerprint density at radius 1 is 1.21 bits per heavy atom. The number of hydrogen-bond acceptors (Lipinski definition) is 6. The number of carbonyl (C=O) groups excluding carboxylic acids is 2. The maximum atomic E-state index is 12.0. The maximum absolute atomic E-state index is 12.0. The molecule has 0 saturated carbocycles.